The molecule has 0 aromatic carbocycles. The molecule has 0 bridgehead atoms. The zero-order chi connectivity index (χ0) is 18.0. The van der Waals surface area contributed by atoms with E-state index in [-0.39, 0.29) is 31.1 Å². The molecule has 0 rings (SSSR count). The Balaban J connectivity index is 0. The molecule has 0 heterocycles. The Morgan fingerprint density at radius 2 is 1.52 bits per heavy atom. The number of aliphatic hydroxyl groups is 2. The van der Waals surface area contributed by atoms with Crippen molar-refractivity contribution in [2.75, 3.05) is 13.2 Å². The van der Waals surface area contributed by atoms with Crippen LogP contribution in [0.2, 0.25) is 0 Å². The van der Waals surface area contributed by atoms with Crippen LogP contribution in [0.3, 0.4) is 0 Å². The van der Waals surface area contributed by atoms with Crippen molar-refractivity contribution in [3.63, 3.8) is 0 Å². The fraction of sp³-hybridized carbons (Fsp3) is 0.947. The number of nitrogens with two attached hydrogens (primary N) is 1. The molecule has 0 saturated carbocycles. The smallest absolute Gasteiger partial charge is 0.222 e. The number of aliphatic hydroxyl groups excluding tert-OH is 2. The molecule has 1 amide bonds. The lowest BCUT2D eigenvalue weighted by atomic mass is 10.0. The largest absolute Gasteiger partial charge is 0.394 e. The Labute approximate surface area is 154 Å². The first-order chi connectivity index (χ1) is 11.6. The van der Waals surface area contributed by atoms with Gasteiger partial charge in [-0.05, 0) is 25.8 Å². The standard InChI is InChI=1S/C19H40N2O3.H3N/c1-2-3-4-5-6-7-8-9-10-13-18(23)15-19(24)21-17(16-22)12-11-14-20;/h17-18,22-23H,2-16,20H2,1H3,(H,21,24);1H3/t17-,18-;/m1./s1. The molecular weight excluding hydrogens is 318 g/mol. The van der Waals surface area contributed by atoms with Gasteiger partial charge in [-0.1, -0.05) is 64.7 Å². The molecule has 6 heteroatoms. The maximum Gasteiger partial charge on any atom is 0.222 e. The molecule has 0 aromatic rings. The van der Waals surface area contributed by atoms with Crippen LogP contribution in [-0.2, 0) is 4.79 Å². The highest BCUT2D eigenvalue weighted by Gasteiger charge is 2.14. The van der Waals surface area contributed by atoms with E-state index in [1.807, 2.05) is 0 Å². The predicted octanol–water partition coefficient (Wildman–Crippen LogP) is 3.04. The van der Waals surface area contributed by atoms with Gasteiger partial charge in [0.1, 0.15) is 0 Å². The lowest BCUT2D eigenvalue weighted by Crippen LogP contribution is -2.39. The monoisotopic (exact) mass is 361 g/mol. The summed E-state index contributed by atoms with van der Waals surface area (Å²) in [4.78, 5) is 11.8. The minimum atomic E-state index is -0.580. The third kappa shape index (κ3) is 17.9. The first-order valence-corrected chi connectivity index (χ1v) is 9.92. The van der Waals surface area contributed by atoms with Gasteiger partial charge in [0.15, 0.2) is 0 Å². The molecule has 0 unspecified atom stereocenters. The van der Waals surface area contributed by atoms with Crippen molar-refractivity contribution in [2.45, 2.75) is 103 Å². The lowest BCUT2D eigenvalue weighted by Gasteiger charge is -2.17. The molecule has 0 aliphatic heterocycles. The van der Waals surface area contributed by atoms with Gasteiger partial charge in [0.25, 0.3) is 0 Å². The minimum absolute atomic E-state index is 0. The maximum absolute atomic E-state index is 11.8. The number of hydrogen-bond donors (Lipinski definition) is 5. The van der Waals surface area contributed by atoms with E-state index in [2.05, 4.69) is 12.2 Å². The van der Waals surface area contributed by atoms with Crippen LogP contribution >= 0.6 is 0 Å². The molecule has 0 aliphatic rings. The van der Waals surface area contributed by atoms with Crippen LogP contribution in [-0.4, -0.2) is 41.4 Å². The van der Waals surface area contributed by atoms with Gasteiger partial charge in [-0.2, -0.15) is 0 Å². The van der Waals surface area contributed by atoms with Crippen LogP contribution in [0.5, 0.6) is 0 Å². The topological polar surface area (TPSA) is 131 Å². The minimum Gasteiger partial charge on any atom is -0.394 e. The summed E-state index contributed by atoms with van der Waals surface area (Å²) in [7, 11) is 0. The highest BCUT2D eigenvalue weighted by atomic mass is 16.3. The second-order valence-corrected chi connectivity index (χ2v) is 6.85. The van der Waals surface area contributed by atoms with Crippen LogP contribution in [0.1, 0.15) is 90.4 Å². The fourth-order valence-electron chi connectivity index (χ4n) is 2.87. The summed E-state index contributed by atoms with van der Waals surface area (Å²) in [6, 6.07) is -0.249. The summed E-state index contributed by atoms with van der Waals surface area (Å²) in [6.45, 7) is 2.70. The number of hydrogen-bond acceptors (Lipinski definition) is 5. The van der Waals surface area contributed by atoms with Crippen molar-refractivity contribution in [2.24, 2.45) is 5.73 Å². The van der Waals surface area contributed by atoms with Gasteiger partial charge in [-0.3, -0.25) is 4.79 Å². The molecule has 6 nitrogen and oxygen atoms in total. The zero-order valence-corrected chi connectivity index (χ0v) is 16.3. The highest BCUT2D eigenvalue weighted by molar-refractivity contribution is 5.76. The highest BCUT2D eigenvalue weighted by Crippen LogP contribution is 2.12. The van der Waals surface area contributed by atoms with Gasteiger partial charge in [0.2, 0.25) is 5.91 Å². The number of nitrogens with one attached hydrogen (secondary N) is 1. The fourth-order valence-corrected chi connectivity index (χ4v) is 2.87. The zero-order valence-electron chi connectivity index (χ0n) is 16.3. The van der Waals surface area contributed by atoms with Crippen LogP contribution < -0.4 is 17.2 Å². The Morgan fingerprint density at radius 3 is 2.04 bits per heavy atom. The van der Waals surface area contributed by atoms with Crippen molar-refractivity contribution in [1.82, 2.24) is 11.5 Å². The van der Waals surface area contributed by atoms with Crippen LogP contribution in [0.4, 0.5) is 0 Å². The van der Waals surface area contributed by atoms with E-state index in [9.17, 15) is 15.0 Å². The van der Waals surface area contributed by atoms with Crippen molar-refractivity contribution in [1.29, 1.82) is 0 Å². The average molecular weight is 362 g/mol. The first-order valence-electron chi connectivity index (χ1n) is 9.92. The van der Waals surface area contributed by atoms with Crippen LogP contribution in [0.25, 0.3) is 0 Å². The van der Waals surface area contributed by atoms with E-state index in [1.54, 1.807) is 0 Å². The van der Waals surface area contributed by atoms with Gasteiger partial charge in [0, 0.05) is 0 Å². The normalized spacial score (nSPS) is 13.1. The molecule has 8 N–H and O–H groups in total. The lowest BCUT2D eigenvalue weighted by molar-refractivity contribution is -0.124. The third-order valence-electron chi connectivity index (χ3n) is 4.40. The summed E-state index contributed by atoms with van der Waals surface area (Å²) in [5.74, 6) is -0.186. The van der Waals surface area contributed by atoms with Crippen molar-refractivity contribution in [3.8, 4) is 0 Å². The number of rotatable bonds is 17. The van der Waals surface area contributed by atoms with E-state index in [4.69, 9.17) is 5.73 Å². The number of amides is 1. The van der Waals surface area contributed by atoms with Crippen molar-refractivity contribution >= 4 is 5.91 Å². The summed E-state index contributed by atoms with van der Waals surface area (Å²) in [6.07, 6.45) is 12.9. The summed E-state index contributed by atoms with van der Waals surface area (Å²) in [5.41, 5.74) is 5.43. The molecule has 0 spiro atoms. The van der Waals surface area contributed by atoms with Crippen LogP contribution in [0, 0.1) is 0 Å². The van der Waals surface area contributed by atoms with Crippen molar-refractivity contribution < 1.29 is 15.0 Å². The van der Waals surface area contributed by atoms with Crippen LogP contribution in [0.15, 0.2) is 0 Å². The number of carbonyl (C=O) groups is 1. The van der Waals surface area contributed by atoms with Gasteiger partial charge in [-0.25, -0.2) is 0 Å². The third-order valence-corrected chi connectivity index (χ3v) is 4.40. The number of carbonyl (C=O) groups excluding carboxylic acids is 1. The van der Waals surface area contributed by atoms with E-state index in [0.29, 0.717) is 19.4 Å². The van der Waals surface area contributed by atoms with E-state index in [0.717, 1.165) is 19.3 Å². The Hall–Kier alpha value is -0.690. The van der Waals surface area contributed by atoms with Gasteiger partial charge >= 0.3 is 0 Å². The molecule has 152 valence electrons. The Bertz CT molecular complexity index is 291. The molecule has 0 fully saturated rings. The molecule has 0 aliphatic carbocycles. The number of unbranched alkanes of at least 4 members (excludes halogenated alkanes) is 8. The predicted molar refractivity (Wildman–Crippen MR) is 105 cm³/mol. The molecule has 25 heavy (non-hydrogen) atoms. The molecular formula is C19H43N3O3. The second-order valence-electron chi connectivity index (χ2n) is 6.85. The van der Waals surface area contributed by atoms with Gasteiger partial charge in [0.05, 0.1) is 25.2 Å². The Morgan fingerprint density at radius 1 is 0.960 bits per heavy atom. The average Bonchev–Trinajstić information content (AvgIpc) is 2.57. The maximum atomic E-state index is 11.8. The summed E-state index contributed by atoms with van der Waals surface area (Å²) >= 11 is 0. The quantitative estimate of drug-likeness (QED) is 0.254. The van der Waals surface area contributed by atoms with E-state index < -0.39 is 6.10 Å². The SMILES string of the molecule is CCCCCCCCCCC[C@@H](O)CC(=O)N[C@@H](CO)CCCN.N. The first kappa shape index (κ1) is 26.5. The molecule has 0 saturated heterocycles. The molecule has 0 aromatic heterocycles. The van der Waals surface area contributed by atoms with Crippen molar-refractivity contribution in [3.05, 3.63) is 0 Å². The van der Waals surface area contributed by atoms with E-state index in [1.165, 1.54) is 44.9 Å². The van der Waals surface area contributed by atoms with Gasteiger partial charge < -0.3 is 27.4 Å². The molecule has 0 radical (unpaired) electrons. The van der Waals surface area contributed by atoms with Gasteiger partial charge in [-0.15, -0.1) is 0 Å². The molecule has 2 atom stereocenters. The Kier molecular flexibility index (Phi) is 20.8. The second kappa shape index (κ2) is 19.6. The summed E-state index contributed by atoms with van der Waals surface area (Å²) < 4.78 is 0. The summed E-state index contributed by atoms with van der Waals surface area (Å²) in [5, 5.41) is 21.9. The van der Waals surface area contributed by atoms with E-state index >= 15 is 0 Å².